The van der Waals surface area contributed by atoms with E-state index < -0.39 is 15.4 Å². The summed E-state index contributed by atoms with van der Waals surface area (Å²) in [6.07, 6.45) is 0.168. The largest absolute Gasteiger partial charge is 0.390 e. The Morgan fingerprint density at radius 1 is 1.45 bits per heavy atom. The fraction of sp³-hybridized carbons (Fsp3) is 0.500. The van der Waals surface area contributed by atoms with E-state index in [1.807, 2.05) is 16.8 Å². The molecule has 2 rings (SSSR count). The van der Waals surface area contributed by atoms with Crippen LogP contribution in [0.5, 0.6) is 0 Å². The smallest absolute Gasteiger partial charge is 0.242 e. The summed E-state index contributed by atoms with van der Waals surface area (Å²) in [7, 11) is -3.38. The topological polar surface area (TPSA) is 93.3 Å². The van der Waals surface area contributed by atoms with Crippen LogP contribution in [0.2, 0.25) is 0 Å². The molecule has 20 heavy (non-hydrogen) atoms. The van der Waals surface area contributed by atoms with Gasteiger partial charge in [0.15, 0.2) is 9.84 Å². The zero-order valence-corrected chi connectivity index (χ0v) is 12.9. The lowest BCUT2D eigenvalue weighted by atomic mass is 10.1. The molecule has 0 amide bonds. The second-order valence-corrected chi connectivity index (χ2v) is 8.14. The van der Waals surface area contributed by atoms with Crippen LogP contribution in [-0.4, -0.2) is 35.0 Å². The number of aromatic nitrogens is 2. The van der Waals surface area contributed by atoms with Gasteiger partial charge in [0.25, 0.3) is 0 Å². The molecule has 8 heteroatoms. The van der Waals surface area contributed by atoms with Crippen molar-refractivity contribution in [3.63, 3.8) is 0 Å². The van der Waals surface area contributed by atoms with Gasteiger partial charge in [-0.25, -0.2) is 8.42 Å². The van der Waals surface area contributed by atoms with E-state index in [-0.39, 0.29) is 23.8 Å². The third kappa shape index (κ3) is 4.39. The van der Waals surface area contributed by atoms with Crippen LogP contribution < -0.4 is 0 Å². The zero-order chi connectivity index (χ0) is 14.8. The molecule has 110 valence electrons. The Labute approximate surface area is 121 Å². The van der Waals surface area contributed by atoms with Crippen molar-refractivity contribution in [2.75, 3.05) is 5.75 Å². The van der Waals surface area contributed by atoms with E-state index in [1.54, 1.807) is 13.8 Å². The lowest BCUT2D eigenvalue weighted by Crippen LogP contribution is -2.24. The average molecular weight is 316 g/mol. The summed E-state index contributed by atoms with van der Waals surface area (Å²) in [6.45, 7) is 3.15. The van der Waals surface area contributed by atoms with Gasteiger partial charge < -0.3 is 9.63 Å². The second kappa shape index (κ2) is 5.63. The van der Waals surface area contributed by atoms with Crippen LogP contribution in [0.1, 0.15) is 26.2 Å². The minimum absolute atomic E-state index is 0.0712. The maximum atomic E-state index is 11.9. The van der Waals surface area contributed by atoms with Gasteiger partial charge in [-0.15, -0.1) is 0 Å². The summed E-state index contributed by atoms with van der Waals surface area (Å²) < 4.78 is 28.8. The maximum Gasteiger partial charge on any atom is 0.242 e. The lowest BCUT2D eigenvalue weighted by Gasteiger charge is -2.15. The molecule has 6 nitrogen and oxygen atoms in total. The summed E-state index contributed by atoms with van der Waals surface area (Å²) in [5.74, 6) is 0.0354. The van der Waals surface area contributed by atoms with E-state index in [9.17, 15) is 13.5 Å². The van der Waals surface area contributed by atoms with Crippen molar-refractivity contribution in [3.8, 4) is 11.4 Å². The lowest BCUT2D eigenvalue weighted by molar-refractivity contribution is 0.0772. The van der Waals surface area contributed by atoms with Crippen LogP contribution in [0, 0.1) is 0 Å². The van der Waals surface area contributed by atoms with Crippen LogP contribution in [-0.2, 0) is 15.6 Å². The molecule has 0 unspecified atom stereocenters. The number of nitrogens with zero attached hydrogens (tertiary/aromatic N) is 2. The van der Waals surface area contributed by atoms with E-state index >= 15 is 0 Å². The van der Waals surface area contributed by atoms with E-state index in [2.05, 4.69) is 10.1 Å². The van der Waals surface area contributed by atoms with E-state index in [4.69, 9.17) is 4.52 Å². The fourth-order valence-electron chi connectivity index (χ4n) is 1.49. The molecule has 2 aromatic rings. The number of rotatable bonds is 6. The van der Waals surface area contributed by atoms with Gasteiger partial charge in [0.1, 0.15) is 5.75 Å². The number of aliphatic hydroxyl groups is 1. The first-order valence-electron chi connectivity index (χ1n) is 6.03. The Bertz CT molecular complexity index is 654. The SMILES string of the molecule is CC(C)(O)CCS(=O)(=O)Cc1nc(-c2ccsc2)no1. The number of hydrogen-bond donors (Lipinski definition) is 1. The van der Waals surface area contributed by atoms with Crippen molar-refractivity contribution in [1.82, 2.24) is 10.1 Å². The van der Waals surface area contributed by atoms with Crippen LogP contribution in [0.15, 0.2) is 21.3 Å². The highest BCUT2D eigenvalue weighted by atomic mass is 32.2. The highest BCUT2D eigenvalue weighted by Gasteiger charge is 2.22. The van der Waals surface area contributed by atoms with Gasteiger partial charge in [0.2, 0.25) is 11.7 Å². The Hall–Kier alpha value is -1.25. The molecule has 0 aliphatic carbocycles. The molecular weight excluding hydrogens is 300 g/mol. The molecule has 2 heterocycles. The second-order valence-electron chi connectivity index (χ2n) is 5.18. The van der Waals surface area contributed by atoms with Gasteiger partial charge in [-0.3, -0.25) is 0 Å². The quantitative estimate of drug-likeness (QED) is 0.874. The summed E-state index contributed by atoms with van der Waals surface area (Å²) in [4.78, 5) is 4.07. The molecule has 2 aromatic heterocycles. The first-order chi connectivity index (χ1) is 9.25. The molecular formula is C12H16N2O4S2. The van der Waals surface area contributed by atoms with Crippen LogP contribution >= 0.6 is 11.3 Å². The standard InChI is InChI=1S/C12H16N2O4S2/c1-12(2,15)4-6-20(16,17)8-10-13-11(14-18-10)9-3-5-19-7-9/h3,5,7,15H,4,6,8H2,1-2H3. The molecule has 0 aliphatic heterocycles. The van der Waals surface area contributed by atoms with Crippen molar-refractivity contribution >= 4 is 21.2 Å². The Morgan fingerprint density at radius 2 is 2.20 bits per heavy atom. The summed E-state index contributed by atoms with van der Waals surface area (Å²) in [6, 6.07) is 1.84. The Morgan fingerprint density at radius 3 is 2.80 bits per heavy atom. The first kappa shape index (κ1) is 15.1. The molecule has 0 aromatic carbocycles. The highest BCUT2D eigenvalue weighted by Crippen LogP contribution is 2.19. The van der Waals surface area contributed by atoms with Gasteiger partial charge in [-0.05, 0) is 31.7 Å². The van der Waals surface area contributed by atoms with Crippen molar-refractivity contribution in [3.05, 3.63) is 22.7 Å². The van der Waals surface area contributed by atoms with Crippen molar-refractivity contribution in [2.24, 2.45) is 0 Å². The Balaban J connectivity index is 2.03. The third-order valence-electron chi connectivity index (χ3n) is 2.62. The molecule has 0 spiro atoms. The van der Waals surface area contributed by atoms with Crippen LogP contribution in [0.25, 0.3) is 11.4 Å². The van der Waals surface area contributed by atoms with Crippen molar-refractivity contribution in [1.29, 1.82) is 0 Å². The highest BCUT2D eigenvalue weighted by molar-refractivity contribution is 7.90. The summed E-state index contributed by atoms with van der Waals surface area (Å²) >= 11 is 1.50. The van der Waals surface area contributed by atoms with E-state index in [0.29, 0.717) is 5.82 Å². The van der Waals surface area contributed by atoms with Crippen molar-refractivity contribution < 1.29 is 18.0 Å². The zero-order valence-electron chi connectivity index (χ0n) is 11.2. The molecule has 0 fully saturated rings. The maximum absolute atomic E-state index is 11.9. The van der Waals surface area contributed by atoms with Gasteiger partial charge in [0.05, 0.1) is 11.4 Å². The number of sulfone groups is 1. The first-order valence-corrected chi connectivity index (χ1v) is 8.80. The average Bonchev–Trinajstić information content (AvgIpc) is 2.95. The minimum atomic E-state index is -3.38. The van der Waals surface area contributed by atoms with Crippen LogP contribution in [0.4, 0.5) is 0 Å². The van der Waals surface area contributed by atoms with Gasteiger partial charge in [-0.1, -0.05) is 5.16 Å². The molecule has 0 saturated carbocycles. The Kier molecular flexibility index (Phi) is 4.26. The minimum Gasteiger partial charge on any atom is -0.390 e. The fourth-order valence-corrected chi connectivity index (χ4v) is 3.57. The van der Waals surface area contributed by atoms with E-state index in [0.717, 1.165) is 5.56 Å². The predicted octanol–water partition coefficient (Wildman–Crippen LogP) is 1.87. The predicted molar refractivity (Wildman–Crippen MR) is 76.0 cm³/mol. The monoisotopic (exact) mass is 316 g/mol. The summed E-state index contributed by atoms with van der Waals surface area (Å²) in [5.41, 5.74) is -0.206. The van der Waals surface area contributed by atoms with Crippen molar-refractivity contribution in [2.45, 2.75) is 31.6 Å². The molecule has 1 N–H and O–H groups in total. The molecule has 0 aliphatic rings. The summed E-state index contributed by atoms with van der Waals surface area (Å²) in [5, 5.41) is 17.1. The molecule has 0 radical (unpaired) electrons. The third-order valence-corrected chi connectivity index (χ3v) is 4.81. The van der Waals surface area contributed by atoms with E-state index in [1.165, 1.54) is 11.3 Å². The number of thiophene rings is 1. The van der Waals surface area contributed by atoms with Gasteiger partial charge >= 0.3 is 0 Å². The number of hydrogen-bond acceptors (Lipinski definition) is 7. The molecule has 0 atom stereocenters. The van der Waals surface area contributed by atoms with Gasteiger partial charge in [0, 0.05) is 10.9 Å². The molecule has 0 saturated heterocycles. The molecule has 0 bridgehead atoms. The van der Waals surface area contributed by atoms with Gasteiger partial charge in [-0.2, -0.15) is 16.3 Å². The normalized spacial score (nSPS) is 12.8. The van der Waals surface area contributed by atoms with Crippen LogP contribution in [0.3, 0.4) is 0 Å².